The Labute approximate surface area is 103 Å². The van der Waals surface area contributed by atoms with Crippen LogP contribution in [0.3, 0.4) is 0 Å². The lowest BCUT2D eigenvalue weighted by Crippen LogP contribution is -2.01. The van der Waals surface area contributed by atoms with Crippen LogP contribution in [-0.4, -0.2) is 17.7 Å². The van der Waals surface area contributed by atoms with Crippen molar-refractivity contribution in [3.05, 3.63) is 34.3 Å². The summed E-state index contributed by atoms with van der Waals surface area (Å²) < 4.78 is 5.58. The van der Waals surface area contributed by atoms with Gasteiger partial charge < -0.3 is 9.84 Å². The minimum absolute atomic E-state index is 0.175. The number of halogens is 1. The van der Waals surface area contributed by atoms with Gasteiger partial charge in [-0.2, -0.15) is 0 Å². The summed E-state index contributed by atoms with van der Waals surface area (Å²) in [6.07, 6.45) is 3.57. The third-order valence-corrected chi connectivity index (χ3v) is 2.37. The van der Waals surface area contributed by atoms with E-state index in [1.165, 1.54) is 0 Å². The molecule has 4 heteroatoms. The largest absolute Gasteiger partial charge is 0.507 e. The molecule has 0 aromatic heterocycles. The summed E-state index contributed by atoms with van der Waals surface area (Å²) in [6.45, 7) is 2.15. The van der Waals surface area contributed by atoms with Gasteiger partial charge in [-0.3, -0.25) is 4.79 Å². The Bertz CT molecular complexity index is 399. The molecule has 0 amide bonds. The Morgan fingerprint density at radius 2 is 2.31 bits per heavy atom. The summed E-state index contributed by atoms with van der Waals surface area (Å²) in [7, 11) is 0. The van der Waals surface area contributed by atoms with Crippen molar-refractivity contribution in [2.75, 3.05) is 6.61 Å². The fourth-order valence-corrected chi connectivity index (χ4v) is 1.51. The predicted molar refractivity (Wildman–Crippen MR) is 66.1 cm³/mol. The third kappa shape index (κ3) is 4.06. The van der Waals surface area contributed by atoms with Gasteiger partial charge in [0, 0.05) is 10.0 Å². The van der Waals surface area contributed by atoms with E-state index >= 15 is 0 Å². The number of benzene rings is 1. The highest BCUT2D eigenvalue weighted by Crippen LogP contribution is 2.23. The summed E-state index contributed by atoms with van der Waals surface area (Å²) in [4.78, 5) is 11.0. The Morgan fingerprint density at radius 3 is 2.94 bits per heavy atom. The van der Waals surface area contributed by atoms with E-state index in [9.17, 15) is 9.90 Å². The van der Waals surface area contributed by atoms with Crippen molar-refractivity contribution in [3.8, 4) is 5.75 Å². The van der Waals surface area contributed by atoms with Crippen LogP contribution in [0.2, 0.25) is 0 Å². The number of carbonyl (C=O) groups is 1. The van der Waals surface area contributed by atoms with Gasteiger partial charge in [-0.25, -0.2) is 0 Å². The lowest BCUT2D eigenvalue weighted by Gasteiger charge is -2.00. The molecule has 0 radical (unpaired) electrons. The average Bonchev–Trinajstić information content (AvgIpc) is 2.22. The van der Waals surface area contributed by atoms with Crippen molar-refractivity contribution in [2.24, 2.45) is 0 Å². The maximum atomic E-state index is 11.0. The quantitative estimate of drug-likeness (QED) is 0.864. The number of esters is 1. The fourth-order valence-electron chi connectivity index (χ4n) is 1.16. The first-order valence-electron chi connectivity index (χ1n) is 4.94. The molecule has 0 saturated heterocycles. The second kappa shape index (κ2) is 6.33. The molecule has 0 spiro atoms. The van der Waals surface area contributed by atoms with E-state index in [2.05, 4.69) is 15.9 Å². The number of aromatic hydroxyl groups is 1. The highest BCUT2D eigenvalue weighted by molar-refractivity contribution is 9.10. The minimum atomic E-state index is -0.268. The van der Waals surface area contributed by atoms with Crippen LogP contribution >= 0.6 is 15.9 Å². The monoisotopic (exact) mass is 284 g/mol. The molecule has 0 fully saturated rings. The molecule has 0 aliphatic heterocycles. The standard InChI is InChI=1S/C12H13BrO3/c1-2-16-12(15)5-3-4-9-6-7-10(13)8-11(9)14/h3-4,6-8,14H,2,5H2,1H3. The number of phenols is 1. The molecule has 0 aliphatic rings. The number of ether oxygens (including phenoxy) is 1. The number of rotatable bonds is 4. The van der Waals surface area contributed by atoms with E-state index in [0.29, 0.717) is 12.2 Å². The predicted octanol–water partition coefficient (Wildman–Crippen LogP) is 3.12. The Kier molecular flexibility index (Phi) is 5.05. The molecule has 16 heavy (non-hydrogen) atoms. The molecular formula is C12H13BrO3. The molecule has 3 nitrogen and oxygen atoms in total. The van der Waals surface area contributed by atoms with Crippen molar-refractivity contribution >= 4 is 28.0 Å². The fraction of sp³-hybridized carbons (Fsp3) is 0.250. The van der Waals surface area contributed by atoms with Crippen LogP contribution < -0.4 is 0 Å². The summed E-state index contributed by atoms with van der Waals surface area (Å²) >= 11 is 3.25. The van der Waals surface area contributed by atoms with Crippen LogP contribution in [-0.2, 0) is 9.53 Å². The Balaban J connectivity index is 2.59. The first-order valence-corrected chi connectivity index (χ1v) is 5.73. The van der Waals surface area contributed by atoms with E-state index < -0.39 is 0 Å². The molecule has 0 atom stereocenters. The van der Waals surface area contributed by atoms with Gasteiger partial charge in [-0.15, -0.1) is 0 Å². The molecule has 1 rings (SSSR count). The number of phenolic OH excluding ortho intramolecular Hbond substituents is 1. The van der Waals surface area contributed by atoms with E-state index in [-0.39, 0.29) is 18.1 Å². The normalized spacial score (nSPS) is 10.6. The molecule has 0 saturated carbocycles. The molecule has 0 aliphatic carbocycles. The lowest BCUT2D eigenvalue weighted by molar-refractivity contribution is -0.142. The zero-order valence-corrected chi connectivity index (χ0v) is 10.5. The van der Waals surface area contributed by atoms with Crippen LogP contribution in [0.1, 0.15) is 18.9 Å². The molecule has 0 heterocycles. The van der Waals surface area contributed by atoms with Crippen molar-refractivity contribution in [1.29, 1.82) is 0 Å². The molecule has 0 bridgehead atoms. The SMILES string of the molecule is CCOC(=O)CC=Cc1ccc(Br)cc1O. The summed E-state index contributed by atoms with van der Waals surface area (Å²) in [5.41, 5.74) is 0.674. The molecular weight excluding hydrogens is 272 g/mol. The molecule has 1 N–H and O–H groups in total. The van der Waals surface area contributed by atoms with Gasteiger partial charge in [0.2, 0.25) is 0 Å². The highest BCUT2D eigenvalue weighted by atomic mass is 79.9. The first kappa shape index (κ1) is 12.8. The van der Waals surface area contributed by atoms with Crippen molar-refractivity contribution in [2.45, 2.75) is 13.3 Å². The van der Waals surface area contributed by atoms with Gasteiger partial charge in [-0.05, 0) is 19.1 Å². The van der Waals surface area contributed by atoms with E-state index in [1.807, 2.05) is 6.07 Å². The van der Waals surface area contributed by atoms with Crippen LogP contribution in [0.4, 0.5) is 0 Å². The third-order valence-electron chi connectivity index (χ3n) is 1.88. The van der Waals surface area contributed by atoms with Crippen molar-refractivity contribution in [1.82, 2.24) is 0 Å². The molecule has 86 valence electrons. The van der Waals surface area contributed by atoms with Gasteiger partial charge in [-0.1, -0.05) is 34.1 Å². The van der Waals surface area contributed by atoms with Gasteiger partial charge in [0.25, 0.3) is 0 Å². The van der Waals surface area contributed by atoms with Crippen LogP contribution in [0.15, 0.2) is 28.7 Å². The Morgan fingerprint density at radius 1 is 1.56 bits per heavy atom. The van der Waals surface area contributed by atoms with Gasteiger partial charge in [0.1, 0.15) is 5.75 Å². The second-order valence-electron chi connectivity index (χ2n) is 3.11. The maximum absolute atomic E-state index is 11.0. The Hall–Kier alpha value is -1.29. The second-order valence-corrected chi connectivity index (χ2v) is 4.03. The molecule has 0 unspecified atom stereocenters. The highest BCUT2D eigenvalue weighted by Gasteiger charge is 1.99. The van der Waals surface area contributed by atoms with Gasteiger partial charge in [0.15, 0.2) is 0 Å². The van der Waals surface area contributed by atoms with Crippen LogP contribution in [0.25, 0.3) is 6.08 Å². The number of hydrogen-bond donors (Lipinski definition) is 1. The zero-order valence-electron chi connectivity index (χ0n) is 8.94. The zero-order chi connectivity index (χ0) is 12.0. The lowest BCUT2D eigenvalue weighted by atomic mass is 10.2. The van der Waals surface area contributed by atoms with E-state index in [4.69, 9.17) is 4.74 Å². The van der Waals surface area contributed by atoms with Gasteiger partial charge >= 0.3 is 5.97 Å². The summed E-state index contributed by atoms with van der Waals surface area (Å²) in [5, 5.41) is 9.56. The van der Waals surface area contributed by atoms with Crippen LogP contribution in [0.5, 0.6) is 5.75 Å². The van der Waals surface area contributed by atoms with Crippen LogP contribution in [0, 0.1) is 0 Å². The number of hydrogen-bond acceptors (Lipinski definition) is 3. The first-order chi connectivity index (χ1) is 7.63. The van der Waals surface area contributed by atoms with E-state index in [0.717, 1.165) is 4.47 Å². The van der Waals surface area contributed by atoms with Crippen molar-refractivity contribution in [3.63, 3.8) is 0 Å². The molecule has 1 aromatic rings. The van der Waals surface area contributed by atoms with E-state index in [1.54, 1.807) is 31.2 Å². The molecule has 1 aromatic carbocycles. The minimum Gasteiger partial charge on any atom is -0.507 e. The van der Waals surface area contributed by atoms with Crippen molar-refractivity contribution < 1.29 is 14.6 Å². The summed E-state index contributed by atoms with van der Waals surface area (Å²) in [5.74, 6) is -0.0927. The number of carbonyl (C=O) groups excluding carboxylic acids is 1. The summed E-state index contributed by atoms with van der Waals surface area (Å²) in [6, 6.07) is 5.19. The average molecular weight is 285 g/mol. The maximum Gasteiger partial charge on any atom is 0.309 e. The smallest absolute Gasteiger partial charge is 0.309 e. The van der Waals surface area contributed by atoms with Gasteiger partial charge in [0.05, 0.1) is 13.0 Å². The topological polar surface area (TPSA) is 46.5 Å².